The van der Waals surface area contributed by atoms with Crippen LogP contribution in [-0.4, -0.2) is 50.9 Å². The van der Waals surface area contributed by atoms with Crippen molar-refractivity contribution in [2.24, 2.45) is 0 Å². The third-order valence-corrected chi connectivity index (χ3v) is 7.72. The Bertz CT molecular complexity index is 1440. The average Bonchev–Trinajstić information content (AvgIpc) is 2.93. The van der Waals surface area contributed by atoms with Crippen LogP contribution in [0.5, 0.6) is 5.75 Å². The average molecular weight is 556 g/mol. The van der Waals surface area contributed by atoms with E-state index in [9.17, 15) is 9.59 Å². The van der Waals surface area contributed by atoms with Crippen LogP contribution in [0.3, 0.4) is 0 Å². The summed E-state index contributed by atoms with van der Waals surface area (Å²) in [6.07, 6.45) is 6.84. The highest BCUT2D eigenvalue weighted by atomic mass is 35.5. The lowest BCUT2D eigenvalue weighted by molar-refractivity contribution is -0.191. The highest BCUT2D eigenvalue weighted by Crippen LogP contribution is 2.45. The van der Waals surface area contributed by atoms with Crippen molar-refractivity contribution in [1.29, 1.82) is 0 Å². The number of nitrogens with one attached hydrogen (secondary N) is 2. The zero-order valence-electron chi connectivity index (χ0n) is 21.5. The van der Waals surface area contributed by atoms with Gasteiger partial charge in [-0.05, 0) is 68.9 Å². The quantitative estimate of drug-likeness (QED) is 0.469. The Morgan fingerprint density at radius 3 is 2.62 bits per heavy atom. The number of hydrogen-bond donors (Lipinski definition) is 2. The molecule has 7 rings (SSSR count). The zero-order valence-corrected chi connectivity index (χ0v) is 22.3. The number of ether oxygens (including phenoxy) is 2. The summed E-state index contributed by atoms with van der Waals surface area (Å²) in [6.45, 7) is 3.88. The second-order valence-electron chi connectivity index (χ2n) is 10.2. The van der Waals surface area contributed by atoms with Crippen LogP contribution in [0.15, 0.2) is 41.3 Å². The van der Waals surface area contributed by atoms with Gasteiger partial charge >= 0.3 is 6.15 Å². The fourth-order valence-corrected chi connectivity index (χ4v) is 5.51. The number of hydrogen-bond acceptors (Lipinski definition) is 9. The Hall–Kier alpha value is -3.63. The molecule has 0 unspecified atom stereocenters. The number of amides is 1. The van der Waals surface area contributed by atoms with Crippen LogP contribution in [0.1, 0.15) is 43.4 Å². The minimum absolute atomic E-state index is 0. The minimum atomic E-state index is -0.187. The molecule has 3 aromatic rings. The van der Waals surface area contributed by atoms with Crippen LogP contribution >= 0.6 is 12.4 Å². The maximum atomic E-state index is 12.6. The molecule has 1 aliphatic carbocycles. The molecule has 1 amide bonds. The predicted octanol–water partition coefficient (Wildman–Crippen LogP) is 2.53. The lowest BCUT2D eigenvalue weighted by Gasteiger charge is -2.53. The van der Waals surface area contributed by atoms with Crippen molar-refractivity contribution in [3.8, 4) is 5.75 Å². The first-order valence-electron chi connectivity index (χ1n) is 12.6. The van der Waals surface area contributed by atoms with E-state index in [1.165, 1.54) is 0 Å². The number of aromatic nitrogens is 3. The summed E-state index contributed by atoms with van der Waals surface area (Å²) in [5.41, 5.74) is 3.36. The van der Waals surface area contributed by atoms with E-state index < -0.39 is 0 Å². The molecule has 39 heavy (non-hydrogen) atoms. The predicted molar refractivity (Wildman–Crippen MR) is 143 cm³/mol. The second-order valence-corrected chi connectivity index (χ2v) is 10.2. The van der Waals surface area contributed by atoms with Crippen molar-refractivity contribution in [3.05, 3.63) is 58.1 Å². The first-order chi connectivity index (χ1) is 18.3. The largest absolute Gasteiger partial charge is 0.480 e. The molecule has 2 saturated heterocycles. The van der Waals surface area contributed by atoms with Crippen molar-refractivity contribution < 1.29 is 23.9 Å². The Labute approximate surface area is 230 Å². The lowest BCUT2D eigenvalue weighted by atomic mass is 9.70. The van der Waals surface area contributed by atoms with E-state index in [1.54, 1.807) is 12.1 Å². The van der Waals surface area contributed by atoms with Gasteiger partial charge in [0, 0.05) is 30.9 Å². The highest BCUT2D eigenvalue weighted by molar-refractivity contribution is 5.94. The van der Waals surface area contributed by atoms with Gasteiger partial charge < -0.3 is 24.7 Å². The Kier molecular flexibility index (Phi) is 8.46. The molecule has 0 spiro atoms. The number of anilines is 1. The minimum Gasteiger partial charge on any atom is -0.480 e. The van der Waals surface area contributed by atoms with Gasteiger partial charge in [-0.2, -0.15) is 9.59 Å². The molecule has 4 aliphatic rings. The highest BCUT2D eigenvalue weighted by Gasteiger charge is 2.49. The van der Waals surface area contributed by atoms with Gasteiger partial charge in [0.15, 0.2) is 18.2 Å². The molecule has 0 aromatic carbocycles. The van der Waals surface area contributed by atoms with Gasteiger partial charge in [-0.1, -0.05) is 0 Å². The first-order valence-corrected chi connectivity index (χ1v) is 12.6. The molecule has 0 radical (unpaired) electrons. The van der Waals surface area contributed by atoms with E-state index in [2.05, 4.69) is 20.6 Å². The summed E-state index contributed by atoms with van der Waals surface area (Å²) in [4.78, 5) is 49.5. The van der Waals surface area contributed by atoms with Gasteiger partial charge in [-0.25, -0.2) is 4.98 Å². The van der Waals surface area contributed by atoms with Gasteiger partial charge in [-0.3, -0.25) is 14.6 Å². The second kappa shape index (κ2) is 11.6. The van der Waals surface area contributed by atoms with E-state index in [1.807, 2.05) is 35.9 Å². The SMILES string of the molecule is Cc1cnc2ccc(=O)n(CCC34CCC(NCc5ccc6c(n5)NC(=O)CO6)(CC3)CO4)c2c1.Cl.O=C=O. The smallest absolute Gasteiger partial charge is 0.373 e. The molecule has 3 aromatic heterocycles. The number of carbonyl (C=O) groups excluding carboxylic acids is 3. The molecule has 0 atom stereocenters. The molecule has 206 valence electrons. The third-order valence-electron chi connectivity index (χ3n) is 7.72. The van der Waals surface area contributed by atoms with E-state index in [0.29, 0.717) is 31.3 Å². The van der Waals surface area contributed by atoms with Crippen LogP contribution in [0.4, 0.5) is 5.82 Å². The van der Waals surface area contributed by atoms with E-state index in [-0.39, 0.29) is 47.8 Å². The number of fused-ring (bicyclic) bond motifs is 5. The monoisotopic (exact) mass is 555 g/mol. The molecule has 2 bridgehead atoms. The van der Waals surface area contributed by atoms with Crippen LogP contribution in [-0.2, 0) is 32.2 Å². The normalized spacial score (nSPS) is 22.8. The number of aryl methyl sites for hydroxylation is 2. The van der Waals surface area contributed by atoms with Crippen molar-refractivity contribution >= 4 is 41.3 Å². The van der Waals surface area contributed by atoms with Crippen molar-refractivity contribution in [2.45, 2.75) is 63.3 Å². The van der Waals surface area contributed by atoms with Crippen molar-refractivity contribution in [1.82, 2.24) is 19.9 Å². The number of halogens is 1. The summed E-state index contributed by atoms with van der Waals surface area (Å²) in [7, 11) is 0. The molecule has 11 nitrogen and oxygen atoms in total. The van der Waals surface area contributed by atoms with Gasteiger partial charge in [-0.15, -0.1) is 12.4 Å². The van der Waals surface area contributed by atoms with Gasteiger partial charge in [0.25, 0.3) is 11.5 Å². The molecule has 12 heteroatoms. The van der Waals surface area contributed by atoms with Crippen molar-refractivity contribution in [3.63, 3.8) is 0 Å². The molecule has 1 saturated carbocycles. The van der Waals surface area contributed by atoms with E-state index >= 15 is 0 Å². The lowest BCUT2D eigenvalue weighted by Crippen LogP contribution is -2.61. The van der Waals surface area contributed by atoms with Crippen LogP contribution in [0.25, 0.3) is 11.0 Å². The Morgan fingerprint density at radius 1 is 1.13 bits per heavy atom. The van der Waals surface area contributed by atoms with E-state index in [0.717, 1.165) is 54.4 Å². The molecular formula is C27H30ClN5O6. The summed E-state index contributed by atoms with van der Waals surface area (Å²) in [5, 5.41) is 6.45. The number of carbonyl (C=O) groups is 1. The van der Waals surface area contributed by atoms with Crippen LogP contribution in [0.2, 0.25) is 0 Å². The first kappa shape index (κ1) is 28.4. The molecule has 3 fully saturated rings. The van der Waals surface area contributed by atoms with Crippen molar-refractivity contribution in [2.75, 3.05) is 18.5 Å². The summed E-state index contributed by atoms with van der Waals surface area (Å²) in [6, 6.07) is 9.21. The third kappa shape index (κ3) is 6.02. The molecule has 6 heterocycles. The molecule has 2 N–H and O–H groups in total. The maximum absolute atomic E-state index is 12.6. The van der Waals surface area contributed by atoms with Crippen LogP contribution in [0, 0.1) is 6.92 Å². The number of nitrogens with zero attached hydrogens (tertiary/aromatic N) is 3. The fraction of sp³-hybridized carbons (Fsp3) is 0.444. The Morgan fingerprint density at radius 2 is 1.90 bits per heavy atom. The van der Waals surface area contributed by atoms with Gasteiger partial charge in [0.2, 0.25) is 0 Å². The molecule has 3 aliphatic heterocycles. The summed E-state index contributed by atoms with van der Waals surface area (Å²) < 4.78 is 13.7. The van der Waals surface area contributed by atoms with Crippen LogP contribution < -0.4 is 20.9 Å². The number of rotatable bonds is 6. The molecular weight excluding hydrogens is 526 g/mol. The van der Waals surface area contributed by atoms with Gasteiger partial charge in [0.1, 0.15) is 0 Å². The fourth-order valence-electron chi connectivity index (χ4n) is 5.51. The topological polar surface area (TPSA) is 142 Å². The van der Waals surface area contributed by atoms with E-state index in [4.69, 9.17) is 19.1 Å². The maximum Gasteiger partial charge on any atom is 0.373 e. The standard InChI is InChI=1S/C26H29N5O4.CO2.ClH/c1-17-12-20-19(27-13-17)3-5-23(33)31(20)11-10-26-8-6-25(7-9-26,16-35-26)28-14-18-2-4-21-24(29-18)30-22(32)15-34-21;2-1-3;/h2-5,12-13,28H,6-11,14-16H2,1H3,(H,29,30,32);;1H. The zero-order chi connectivity index (χ0) is 26.8. The Balaban J connectivity index is 0.000000845. The summed E-state index contributed by atoms with van der Waals surface area (Å²) >= 11 is 0. The summed E-state index contributed by atoms with van der Waals surface area (Å²) in [5.74, 6) is 0.899. The number of pyridine rings is 3. The van der Waals surface area contributed by atoms with Gasteiger partial charge in [0.05, 0.1) is 28.9 Å².